The Morgan fingerprint density at radius 3 is 2.48 bits per heavy atom. The predicted octanol–water partition coefficient (Wildman–Crippen LogP) is 4.80. The highest BCUT2D eigenvalue weighted by Gasteiger charge is 2.08. The fraction of sp³-hybridized carbons (Fsp3) is 0.0714. The van der Waals surface area contributed by atoms with Crippen molar-refractivity contribution in [2.75, 3.05) is 11.9 Å². The first-order valence-electron chi connectivity index (χ1n) is 5.78. The third kappa shape index (κ3) is 4.49. The molecule has 0 spiro atoms. The Morgan fingerprint density at radius 1 is 1.05 bits per heavy atom. The monoisotopic (exact) mass is 347 g/mol. The number of carbonyl (C=O) groups excluding carboxylic acids is 1. The maximum atomic E-state index is 12.9. The molecule has 0 radical (unpaired) electrons. The lowest BCUT2D eigenvalue weighted by atomic mass is 10.3. The van der Waals surface area contributed by atoms with E-state index in [4.69, 9.17) is 39.5 Å². The summed E-state index contributed by atoms with van der Waals surface area (Å²) in [5, 5.41) is 3.40. The number of hydrogen-bond acceptors (Lipinski definition) is 2. The molecule has 110 valence electrons. The van der Waals surface area contributed by atoms with Crippen molar-refractivity contribution in [1.82, 2.24) is 0 Å². The summed E-state index contributed by atoms with van der Waals surface area (Å²) >= 11 is 17.4. The lowest BCUT2D eigenvalue weighted by molar-refractivity contribution is -0.118. The van der Waals surface area contributed by atoms with Gasteiger partial charge in [0.05, 0.1) is 15.1 Å². The number of rotatable bonds is 4. The van der Waals surface area contributed by atoms with E-state index in [1.165, 1.54) is 18.2 Å². The highest BCUT2D eigenvalue weighted by Crippen LogP contribution is 2.26. The first-order valence-corrected chi connectivity index (χ1v) is 6.92. The molecule has 0 aliphatic rings. The highest BCUT2D eigenvalue weighted by molar-refractivity contribution is 6.42. The van der Waals surface area contributed by atoms with Crippen LogP contribution in [0.2, 0.25) is 15.1 Å². The summed E-state index contributed by atoms with van der Waals surface area (Å²) < 4.78 is 18.1. The second kappa shape index (κ2) is 6.98. The van der Waals surface area contributed by atoms with Crippen molar-refractivity contribution < 1.29 is 13.9 Å². The standard InChI is InChI=1S/C14H9Cl3FNO2/c15-10-3-2-9(6-11(10)16)19-14(20)7-21-13-4-1-8(18)5-12(13)17/h1-6H,7H2,(H,19,20). The molecular weight excluding hydrogens is 340 g/mol. The number of amides is 1. The van der Waals surface area contributed by atoms with Gasteiger partial charge in [-0.3, -0.25) is 4.79 Å². The van der Waals surface area contributed by atoms with Gasteiger partial charge in [0, 0.05) is 5.69 Å². The van der Waals surface area contributed by atoms with Crippen molar-refractivity contribution in [2.45, 2.75) is 0 Å². The van der Waals surface area contributed by atoms with Crippen molar-refractivity contribution in [2.24, 2.45) is 0 Å². The molecule has 0 aliphatic heterocycles. The van der Waals surface area contributed by atoms with Gasteiger partial charge in [0.1, 0.15) is 11.6 Å². The minimum atomic E-state index is -0.479. The SMILES string of the molecule is O=C(COc1ccc(F)cc1Cl)Nc1ccc(Cl)c(Cl)c1. The number of halogens is 4. The van der Waals surface area contributed by atoms with Crippen molar-refractivity contribution in [3.63, 3.8) is 0 Å². The first-order chi connectivity index (χ1) is 9.95. The molecule has 2 aromatic rings. The van der Waals surface area contributed by atoms with Gasteiger partial charge in [-0.2, -0.15) is 0 Å². The molecule has 3 nitrogen and oxygen atoms in total. The van der Waals surface area contributed by atoms with Gasteiger partial charge in [-0.1, -0.05) is 34.8 Å². The van der Waals surface area contributed by atoms with Gasteiger partial charge in [0.25, 0.3) is 5.91 Å². The minimum absolute atomic E-state index is 0.0948. The number of carbonyl (C=O) groups is 1. The molecule has 0 unspecified atom stereocenters. The molecule has 0 fully saturated rings. The van der Waals surface area contributed by atoms with Crippen LogP contribution in [0, 0.1) is 5.82 Å². The molecule has 1 N–H and O–H groups in total. The van der Waals surface area contributed by atoms with E-state index in [-0.39, 0.29) is 17.4 Å². The normalized spacial score (nSPS) is 10.3. The molecule has 2 rings (SSSR count). The molecule has 1 amide bonds. The summed E-state index contributed by atoms with van der Waals surface area (Å²) in [4.78, 5) is 11.7. The van der Waals surface area contributed by atoms with Crippen LogP contribution in [0.25, 0.3) is 0 Å². The predicted molar refractivity (Wildman–Crippen MR) is 82.0 cm³/mol. The Kier molecular flexibility index (Phi) is 5.28. The van der Waals surface area contributed by atoms with Crippen molar-refractivity contribution >= 4 is 46.4 Å². The van der Waals surface area contributed by atoms with Crippen LogP contribution in [0.3, 0.4) is 0 Å². The third-order valence-corrected chi connectivity index (χ3v) is 3.49. The Hall–Kier alpha value is -1.49. The zero-order valence-electron chi connectivity index (χ0n) is 10.5. The minimum Gasteiger partial charge on any atom is -0.482 e. The van der Waals surface area contributed by atoms with E-state index in [2.05, 4.69) is 5.32 Å². The van der Waals surface area contributed by atoms with Crippen LogP contribution in [0.4, 0.5) is 10.1 Å². The summed E-state index contributed by atoms with van der Waals surface area (Å²) in [6, 6.07) is 8.34. The van der Waals surface area contributed by atoms with E-state index in [9.17, 15) is 9.18 Å². The van der Waals surface area contributed by atoms with E-state index in [0.717, 1.165) is 6.07 Å². The molecule has 0 aromatic heterocycles. The van der Waals surface area contributed by atoms with Gasteiger partial charge in [0.2, 0.25) is 0 Å². The Morgan fingerprint density at radius 2 is 1.81 bits per heavy atom. The summed E-state index contributed by atoms with van der Waals surface area (Å²) in [6.07, 6.45) is 0. The lowest BCUT2D eigenvalue weighted by Crippen LogP contribution is -2.20. The molecule has 21 heavy (non-hydrogen) atoms. The number of hydrogen-bond donors (Lipinski definition) is 1. The summed E-state index contributed by atoms with van der Waals surface area (Å²) in [7, 11) is 0. The van der Waals surface area contributed by atoms with E-state index in [1.807, 2.05) is 0 Å². The number of ether oxygens (including phenoxy) is 1. The number of nitrogens with one attached hydrogen (secondary N) is 1. The summed E-state index contributed by atoms with van der Waals surface area (Å²) in [5.41, 5.74) is 0.489. The van der Waals surface area contributed by atoms with Gasteiger partial charge in [-0.15, -0.1) is 0 Å². The largest absolute Gasteiger partial charge is 0.482 e. The number of benzene rings is 2. The van der Waals surface area contributed by atoms with E-state index >= 15 is 0 Å². The summed E-state index contributed by atoms with van der Waals surface area (Å²) in [6.45, 7) is -0.272. The Balaban J connectivity index is 1.94. The van der Waals surface area contributed by atoms with E-state index in [0.29, 0.717) is 15.7 Å². The molecule has 0 heterocycles. The van der Waals surface area contributed by atoms with Gasteiger partial charge in [0.15, 0.2) is 6.61 Å². The van der Waals surface area contributed by atoms with Crippen LogP contribution in [0.15, 0.2) is 36.4 Å². The first kappa shape index (κ1) is 15.9. The third-order valence-electron chi connectivity index (χ3n) is 2.46. The second-order valence-electron chi connectivity index (χ2n) is 4.04. The fourth-order valence-electron chi connectivity index (χ4n) is 1.51. The summed E-state index contributed by atoms with van der Waals surface area (Å²) in [5.74, 6) is -0.663. The topological polar surface area (TPSA) is 38.3 Å². The van der Waals surface area contributed by atoms with Crippen LogP contribution >= 0.6 is 34.8 Å². The second-order valence-corrected chi connectivity index (χ2v) is 5.26. The van der Waals surface area contributed by atoms with Gasteiger partial charge in [-0.25, -0.2) is 4.39 Å². The van der Waals surface area contributed by atoms with Gasteiger partial charge >= 0.3 is 0 Å². The van der Waals surface area contributed by atoms with Gasteiger partial charge in [-0.05, 0) is 36.4 Å². The average Bonchev–Trinajstić information content (AvgIpc) is 2.42. The molecule has 0 aliphatic carbocycles. The molecule has 2 aromatic carbocycles. The van der Waals surface area contributed by atoms with E-state index in [1.54, 1.807) is 12.1 Å². The van der Waals surface area contributed by atoms with Crippen molar-refractivity contribution in [3.05, 3.63) is 57.3 Å². The lowest BCUT2D eigenvalue weighted by Gasteiger charge is -2.09. The molecule has 0 atom stereocenters. The van der Waals surface area contributed by atoms with Crippen LogP contribution in [0.5, 0.6) is 5.75 Å². The van der Waals surface area contributed by atoms with Crippen molar-refractivity contribution in [1.29, 1.82) is 0 Å². The zero-order chi connectivity index (χ0) is 15.4. The highest BCUT2D eigenvalue weighted by atomic mass is 35.5. The van der Waals surface area contributed by atoms with Crippen LogP contribution < -0.4 is 10.1 Å². The molecule has 7 heteroatoms. The Labute approximate surface area is 135 Å². The number of anilines is 1. The van der Waals surface area contributed by atoms with Crippen LogP contribution in [-0.2, 0) is 4.79 Å². The maximum Gasteiger partial charge on any atom is 0.262 e. The van der Waals surface area contributed by atoms with Crippen molar-refractivity contribution in [3.8, 4) is 5.75 Å². The van der Waals surface area contributed by atoms with E-state index < -0.39 is 11.7 Å². The molecule has 0 saturated carbocycles. The average molecular weight is 349 g/mol. The zero-order valence-corrected chi connectivity index (χ0v) is 12.8. The van der Waals surface area contributed by atoms with Gasteiger partial charge < -0.3 is 10.1 Å². The van der Waals surface area contributed by atoms with Crippen LogP contribution in [-0.4, -0.2) is 12.5 Å². The Bertz CT molecular complexity index is 679. The fourth-order valence-corrected chi connectivity index (χ4v) is 2.03. The van der Waals surface area contributed by atoms with Crippen LogP contribution in [0.1, 0.15) is 0 Å². The maximum absolute atomic E-state index is 12.9. The molecule has 0 saturated heterocycles. The quantitative estimate of drug-likeness (QED) is 0.861. The molecular formula is C14H9Cl3FNO2. The smallest absolute Gasteiger partial charge is 0.262 e. The molecule has 0 bridgehead atoms.